The average Bonchev–Trinajstić information content (AvgIpc) is 2.49. The van der Waals surface area contributed by atoms with E-state index in [0.29, 0.717) is 17.7 Å². The smallest absolute Gasteiger partial charge is 0.150 e. The van der Waals surface area contributed by atoms with Crippen molar-refractivity contribution in [3.63, 3.8) is 0 Å². The molecule has 2 aromatic carbocycles. The lowest BCUT2D eigenvalue weighted by atomic mass is 10.00. The van der Waals surface area contributed by atoms with Crippen LogP contribution in [0.1, 0.15) is 29.8 Å². The minimum Gasteiger partial charge on any atom is -0.496 e. The predicted molar refractivity (Wildman–Crippen MR) is 76.6 cm³/mol. The lowest BCUT2D eigenvalue weighted by molar-refractivity contribution is 0.112. The second-order valence-corrected chi connectivity index (χ2v) is 3.68. The van der Waals surface area contributed by atoms with Gasteiger partial charge in [0.2, 0.25) is 0 Å². The van der Waals surface area contributed by atoms with Crippen molar-refractivity contribution in [1.82, 2.24) is 0 Å². The predicted octanol–water partition coefficient (Wildman–Crippen LogP) is 3.75. The minimum absolute atomic E-state index is 0.293. The number of hydrogen-bond donors (Lipinski definition) is 0. The van der Waals surface area contributed by atoms with Crippen LogP contribution in [-0.4, -0.2) is 13.4 Å². The van der Waals surface area contributed by atoms with Crippen LogP contribution in [0.15, 0.2) is 30.3 Å². The molecule has 0 aromatic heterocycles. The van der Waals surface area contributed by atoms with Gasteiger partial charge in [0.25, 0.3) is 0 Å². The van der Waals surface area contributed by atoms with Gasteiger partial charge >= 0.3 is 0 Å². The van der Waals surface area contributed by atoms with Crippen molar-refractivity contribution in [3.8, 4) is 11.8 Å². The SMILES string of the molecule is CC.COc1ccc2cc(C=O)ccc2c1CC#N. The highest BCUT2D eigenvalue weighted by atomic mass is 16.5. The molecular formula is C16H17NO2. The summed E-state index contributed by atoms with van der Waals surface area (Å²) in [5.41, 5.74) is 1.50. The van der Waals surface area contributed by atoms with Crippen molar-refractivity contribution in [1.29, 1.82) is 5.26 Å². The van der Waals surface area contributed by atoms with Crippen molar-refractivity contribution in [2.24, 2.45) is 0 Å². The molecule has 19 heavy (non-hydrogen) atoms. The molecule has 0 saturated carbocycles. The molecule has 0 atom stereocenters. The molecule has 0 radical (unpaired) electrons. The molecule has 0 amide bonds. The van der Waals surface area contributed by atoms with E-state index in [1.165, 1.54) is 0 Å². The van der Waals surface area contributed by atoms with Crippen molar-refractivity contribution >= 4 is 17.1 Å². The first-order valence-corrected chi connectivity index (χ1v) is 6.22. The maximum Gasteiger partial charge on any atom is 0.150 e. The highest BCUT2D eigenvalue weighted by molar-refractivity contribution is 5.92. The second-order valence-electron chi connectivity index (χ2n) is 3.68. The number of nitriles is 1. The Labute approximate surface area is 113 Å². The van der Waals surface area contributed by atoms with Gasteiger partial charge in [0.1, 0.15) is 12.0 Å². The van der Waals surface area contributed by atoms with Crippen LogP contribution < -0.4 is 4.74 Å². The van der Waals surface area contributed by atoms with Gasteiger partial charge in [-0.1, -0.05) is 32.0 Å². The second kappa shape index (κ2) is 7.17. The van der Waals surface area contributed by atoms with Crippen molar-refractivity contribution < 1.29 is 9.53 Å². The lowest BCUT2D eigenvalue weighted by Crippen LogP contribution is -1.93. The third-order valence-electron chi connectivity index (χ3n) is 2.72. The van der Waals surface area contributed by atoms with E-state index < -0.39 is 0 Å². The van der Waals surface area contributed by atoms with E-state index in [9.17, 15) is 4.79 Å². The summed E-state index contributed by atoms with van der Waals surface area (Å²) in [4.78, 5) is 10.7. The molecule has 0 fully saturated rings. The van der Waals surface area contributed by atoms with Crippen molar-refractivity contribution in [2.75, 3.05) is 7.11 Å². The number of carbonyl (C=O) groups excluding carboxylic acids is 1. The van der Waals surface area contributed by atoms with Gasteiger partial charge < -0.3 is 4.74 Å². The number of benzene rings is 2. The van der Waals surface area contributed by atoms with E-state index in [-0.39, 0.29) is 0 Å². The molecule has 0 N–H and O–H groups in total. The van der Waals surface area contributed by atoms with Crippen molar-refractivity contribution in [3.05, 3.63) is 41.5 Å². The number of methoxy groups -OCH3 is 1. The average molecular weight is 255 g/mol. The number of rotatable bonds is 3. The van der Waals surface area contributed by atoms with Crippen LogP contribution in [0.2, 0.25) is 0 Å². The first kappa shape index (κ1) is 14.7. The largest absolute Gasteiger partial charge is 0.496 e. The molecule has 98 valence electrons. The quantitative estimate of drug-likeness (QED) is 0.785. The van der Waals surface area contributed by atoms with E-state index in [1.54, 1.807) is 13.2 Å². The van der Waals surface area contributed by atoms with Crippen LogP contribution in [0.25, 0.3) is 10.8 Å². The van der Waals surface area contributed by atoms with E-state index in [2.05, 4.69) is 6.07 Å². The van der Waals surface area contributed by atoms with Crippen LogP contribution >= 0.6 is 0 Å². The molecule has 2 aromatic rings. The Hall–Kier alpha value is -2.34. The summed E-state index contributed by atoms with van der Waals surface area (Å²) in [6.45, 7) is 4.00. The van der Waals surface area contributed by atoms with Gasteiger partial charge in [-0.2, -0.15) is 5.26 Å². The first-order valence-electron chi connectivity index (χ1n) is 6.22. The molecule has 3 heteroatoms. The Kier molecular flexibility index (Phi) is 5.56. The summed E-state index contributed by atoms with van der Waals surface area (Å²) in [5, 5.41) is 10.7. The van der Waals surface area contributed by atoms with Crippen LogP contribution in [0.3, 0.4) is 0 Å². The fourth-order valence-electron chi connectivity index (χ4n) is 1.92. The Morgan fingerprint density at radius 2 is 2.00 bits per heavy atom. The molecular weight excluding hydrogens is 238 g/mol. The third-order valence-corrected chi connectivity index (χ3v) is 2.72. The maximum atomic E-state index is 10.7. The Morgan fingerprint density at radius 1 is 1.26 bits per heavy atom. The number of fused-ring (bicyclic) bond motifs is 1. The Bertz CT molecular complexity index is 612. The molecule has 0 heterocycles. The summed E-state index contributed by atoms with van der Waals surface area (Å²) >= 11 is 0. The summed E-state index contributed by atoms with van der Waals surface area (Å²) < 4.78 is 5.24. The normalized spacial score (nSPS) is 9.16. The van der Waals surface area contributed by atoms with Crippen molar-refractivity contribution in [2.45, 2.75) is 20.3 Å². The van der Waals surface area contributed by atoms with Gasteiger partial charge in [-0.3, -0.25) is 4.79 Å². The minimum atomic E-state index is 0.293. The molecule has 0 saturated heterocycles. The topological polar surface area (TPSA) is 50.1 Å². The van der Waals surface area contributed by atoms with Gasteiger partial charge in [-0.15, -0.1) is 0 Å². The standard InChI is InChI=1S/C14H11NO2.C2H6/c1-17-14-5-3-11-8-10(9-16)2-4-12(11)13(14)6-7-15;1-2/h2-5,8-9H,6H2,1H3;1-2H3. The van der Waals surface area contributed by atoms with Gasteiger partial charge in [-0.05, 0) is 22.9 Å². The fourth-order valence-corrected chi connectivity index (χ4v) is 1.92. The molecule has 0 aliphatic heterocycles. The Balaban J connectivity index is 0.000000861. The van der Waals surface area contributed by atoms with Crippen LogP contribution in [0.4, 0.5) is 0 Å². The lowest BCUT2D eigenvalue weighted by Gasteiger charge is -2.09. The zero-order chi connectivity index (χ0) is 14.3. The van der Waals surface area contributed by atoms with Gasteiger partial charge in [0, 0.05) is 11.1 Å². The number of carbonyl (C=O) groups is 1. The highest BCUT2D eigenvalue weighted by Crippen LogP contribution is 2.28. The van der Waals surface area contributed by atoms with Crippen LogP contribution in [0.5, 0.6) is 5.75 Å². The van der Waals surface area contributed by atoms with Crippen LogP contribution in [-0.2, 0) is 6.42 Å². The molecule has 3 nitrogen and oxygen atoms in total. The van der Waals surface area contributed by atoms with Gasteiger partial charge in [-0.25, -0.2) is 0 Å². The van der Waals surface area contributed by atoms with Gasteiger partial charge in [0.05, 0.1) is 19.6 Å². The fraction of sp³-hybridized carbons (Fsp3) is 0.250. The molecule has 0 unspecified atom stereocenters. The molecule has 0 aliphatic rings. The summed E-state index contributed by atoms with van der Waals surface area (Å²) in [5.74, 6) is 0.706. The maximum absolute atomic E-state index is 10.7. The number of ether oxygens (including phenoxy) is 1. The zero-order valence-corrected chi connectivity index (χ0v) is 11.4. The number of hydrogen-bond acceptors (Lipinski definition) is 3. The summed E-state index contributed by atoms with van der Waals surface area (Å²) in [6.07, 6.45) is 1.11. The Morgan fingerprint density at radius 3 is 2.58 bits per heavy atom. The van der Waals surface area contributed by atoms with E-state index in [1.807, 2.05) is 38.1 Å². The highest BCUT2D eigenvalue weighted by Gasteiger charge is 2.08. The third kappa shape index (κ3) is 3.11. The van der Waals surface area contributed by atoms with E-state index >= 15 is 0 Å². The monoisotopic (exact) mass is 255 g/mol. The van der Waals surface area contributed by atoms with Crippen LogP contribution in [0, 0.1) is 11.3 Å². The van der Waals surface area contributed by atoms with E-state index in [0.717, 1.165) is 22.6 Å². The summed E-state index contributed by atoms with van der Waals surface area (Å²) in [7, 11) is 1.59. The molecule has 0 aliphatic carbocycles. The van der Waals surface area contributed by atoms with Gasteiger partial charge in [0.15, 0.2) is 0 Å². The summed E-state index contributed by atoms with van der Waals surface area (Å²) in [6, 6.07) is 11.3. The number of nitrogens with zero attached hydrogens (tertiary/aromatic N) is 1. The molecule has 0 spiro atoms. The first-order chi connectivity index (χ1) is 9.30. The number of aldehydes is 1. The van der Waals surface area contributed by atoms with E-state index in [4.69, 9.17) is 10.00 Å². The molecule has 0 bridgehead atoms. The zero-order valence-electron chi connectivity index (χ0n) is 11.4. The molecule has 2 rings (SSSR count).